The summed E-state index contributed by atoms with van der Waals surface area (Å²) in [6, 6.07) is 11.9. The number of carbonyl (C=O) groups is 2. The summed E-state index contributed by atoms with van der Waals surface area (Å²) >= 11 is 3.30. The lowest BCUT2D eigenvalue weighted by molar-refractivity contribution is -0.114. The van der Waals surface area contributed by atoms with Crippen LogP contribution in [0, 0.1) is 0 Å². The van der Waals surface area contributed by atoms with Crippen LogP contribution in [-0.2, 0) is 4.79 Å². The first-order valence-electron chi connectivity index (χ1n) is 6.19. The number of nitrogens with one attached hydrogen (secondary N) is 2. The van der Waals surface area contributed by atoms with E-state index < -0.39 is 0 Å². The number of benzene rings is 2. The Kier molecular flexibility index (Phi) is 4.59. The molecule has 2 amide bonds. The van der Waals surface area contributed by atoms with Gasteiger partial charge in [0, 0.05) is 34.0 Å². The van der Waals surface area contributed by atoms with Gasteiger partial charge in [-0.05, 0) is 36.4 Å². The predicted octanol–water partition coefficient (Wildman–Crippen LogP) is 3.24. The van der Waals surface area contributed by atoms with Gasteiger partial charge in [0.2, 0.25) is 5.91 Å². The van der Waals surface area contributed by atoms with E-state index in [1.54, 1.807) is 42.5 Å². The average molecular weight is 348 g/mol. The molecule has 2 aromatic rings. The molecule has 6 heteroatoms. The number of halogens is 1. The van der Waals surface area contributed by atoms with Crippen molar-refractivity contribution in [3.63, 3.8) is 0 Å². The smallest absolute Gasteiger partial charge is 0.255 e. The second-order valence-electron chi connectivity index (χ2n) is 4.49. The largest absolute Gasteiger partial charge is 0.399 e. The molecule has 0 aliphatic carbocycles. The van der Waals surface area contributed by atoms with E-state index in [9.17, 15) is 9.59 Å². The fourth-order valence-corrected chi connectivity index (χ4v) is 2.34. The molecule has 0 unspecified atom stereocenters. The summed E-state index contributed by atoms with van der Waals surface area (Å²) in [7, 11) is 0. The van der Waals surface area contributed by atoms with Crippen LogP contribution in [-0.4, -0.2) is 11.8 Å². The van der Waals surface area contributed by atoms with E-state index in [-0.39, 0.29) is 11.8 Å². The van der Waals surface area contributed by atoms with Gasteiger partial charge in [-0.3, -0.25) is 9.59 Å². The Bertz CT molecular complexity index is 681. The fourth-order valence-electron chi connectivity index (χ4n) is 1.82. The van der Waals surface area contributed by atoms with E-state index in [0.29, 0.717) is 22.6 Å². The Labute approximate surface area is 130 Å². The summed E-state index contributed by atoms with van der Waals surface area (Å²) in [5.41, 5.74) is 7.87. The molecule has 5 nitrogen and oxygen atoms in total. The van der Waals surface area contributed by atoms with Gasteiger partial charge in [-0.2, -0.15) is 0 Å². The highest BCUT2D eigenvalue weighted by molar-refractivity contribution is 9.10. The summed E-state index contributed by atoms with van der Waals surface area (Å²) in [5, 5.41) is 5.42. The molecule has 21 heavy (non-hydrogen) atoms. The fraction of sp³-hybridized carbons (Fsp3) is 0.0667. The zero-order valence-corrected chi connectivity index (χ0v) is 12.9. The maximum Gasteiger partial charge on any atom is 0.255 e. The zero-order chi connectivity index (χ0) is 15.4. The van der Waals surface area contributed by atoms with E-state index in [4.69, 9.17) is 5.73 Å². The minimum absolute atomic E-state index is 0.168. The first-order chi connectivity index (χ1) is 9.94. The Morgan fingerprint density at radius 3 is 2.33 bits per heavy atom. The van der Waals surface area contributed by atoms with Crippen molar-refractivity contribution in [2.75, 3.05) is 16.4 Å². The Morgan fingerprint density at radius 2 is 1.71 bits per heavy atom. The van der Waals surface area contributed by atoms with Gasteiger partial charge in [0.1, 0.15) is 0 Å². The van der Waals surface area contributed by atoms with Crippen molar-refractivity contribution >= 4 is 44.8 Å². The van der Waals surface area contributed by atoms with Crippen LogP contribution in [0.2, 0.25) is 0 Å². The molecule has 0 fully saturated rings. The Balaban J connectivity index is 2.17. The molecule has 108 valence electrons. The van der Waals surface area contributed by atoms with Crippen LogP contribution in [0.15, 0.2) is 46.9 Å². The highest BCUT2D eigenvalue weighted by atomic mass is 79.9. The summed E-state index contributed by atoms with van der Waals surface area (Å²) in [5.74, 6) is -0.443. The quantitative estimate of drug-likeness (QED) is 0.745. The van der Waals surface area contributed by atoms with Crippen molar-refractivity contribution in [1.82, 2.24) is 0 Å². The molecule has 0 saturated heterocycles. The molecular weight excluding hydrogens is 334 g/mol. The highest BCUT2D eigenvalue weighted by Gasteiger charge is 2.08. The molecule has 0 bridgehead atoms. The van der Waals surface area contributed by atoms with E-state index in [1.165, 1.54) is 6.92 Å². The minimum atomic E-state index is -0.275. The third-order valence-electron chi connectivity index (χ3n) is 2.62. The summed E-state index contributed by atoms with van der Waals surface area (Å²) < 4.78 is 0.736. The van der Waals surface area contributed by atoms with Crippen molar-refractivity contribution in [2.24, 2.45) is 0 Å². The lowest BCUT2D eigenvalue weighted by atomic mass is 10.2. The standard InChI is InChI=1S/C15H14BrN3O2/c1-9(20)18-13-3-2-4-14(8-13)19-15(21)10-5-11(16)7-12(17)6-10/h2-8H,17H2,1H3,(H,18,20)(H,19,21). The minimum Gasteiger partial charge on any atom is -0.399 e. The topological polar surface area (TPSA) is 84.2 Å². The van der Waals surface area contributed by atoms with Crippen molar-refractivity contribution in [2.45, 2.75) is 6.92 Å². The normalized spacial score (nSPS) is 10.0. The van der Waals surface area contributed by atoms with Crippen molar-refractivity contribution in [3.8, 4) is 0 Å². The molecule has 0 aliphatic heterocycles. The van der Waals surface area contributed by atoms with Crippen molar-refractivity contribution in [1.29, 1.82) is 0 Å². The molecule has 0 radical (unpaired) electrons. The molecule has 0 spiro atoms. The maximum absolute atomic E-state index is 12.2. The lowest BCUT2D eigenvalue weighted by Gasteiger charge is -2.08. The number of hydrogen-bond donors (Lipinski definition) is 3. The van der Waals surface area contributed by atoms with Gasteiger partial charge in [0.05, 0.1) is 0 Å². The summed E-state index contributed by atoms with van der Waals surface area (Å²) in [6.45, 7) is 1.43. The van der Waals surface area contributed by atoms with Gasteiger partial charge in [0.25, 0.3) is 5.91 Å². The van der Waals surface area contributed by atoms with Gasteiger partial charge in [-0.15, -0.1) is 0 Å². The first kappa shape index (κ1) is 15.1. The molecule has 0 saturated carbocycles. The highest BCUT2D eigenvalue weighted by Crippen LogP contribution is 2.20. The molecule has 4 N–H and O–H groups in total. The number of hydrogen-bond acceptors (Lipinski definition) is 3. The van der Waals surface area contributed by atoms with E-state index in [2.05, 4.69) is 26.6 Å². The van der Waals surface area contributed by atoms with Crippen molar-refractivity contribution in [3.05, 3.63) is 52.5 Å². The van der Waals surface area contributed by atoms with Crippen LogP contribution in [0.3, 0.4) is 0 Å². The van der Waals surface area contributed by atoms with Gasteiger partial charge in [0.15, 0.2) is 0 Å². The van der Waals surface area contributed by atoms with Crippen LogP contribution in [0.5, 0.6) is 0 Å². The second-order valence-corrected chi connectivity index (χ2v) is 5.41. The van der Waals surface area contributed by atoms with Gasteiger partial charge >= 0.3 is 0 Å². The van der Waals surface area contributed by atoms with Crippen LogP contribution < -0.4 is 16.4 Å². The summed E-state index contributed by atoms with van der Waals surface area (Å²) in [4.78, 5) is 23.2. The first-order valence-corrected chi connectivity index (χ1v) is 6.98. The Morgan fingerprint density at radius 1 is 1.05 bits per heavy atom. The molecule has 0 heterocycles. The number of nitrogen functional groups attached to an aromatic ring is 1. The molecule has 0 aromatic heterocycles. The SMILES string of the molecule is CC(=O)Nc1cccc(NC(=O)c2cc(N)cc(Br)c2)c1. The molecular formula is C15H14BrN3O2. The Hall–Kier alpha value is -2.34. The van der Waals surface area contributed by atoms with Gasteiger partial charge in [-0.25, -0.2) is 0 Å². The second kappa shape index (κ2) is 6.41. The molecule has 0 aliphatic rings. The third-order valence-corrected chi connectivity index (χ3v) is 3.08. The summed E-state index contributed by atoms with van der Waals surface area (Å²) in [6.07, 6.45) is 0. The number of carbonyl (C=O) groups excluding carboxylic acids is 2. The van der Waals surface area contributed by atoms with Crippen LogP contribution in [0.1, 0.15) is 17.3 Å². The third kappa shape index (κ3) is 4.32. The number of rotatable bonds is 3. The number of amides is 2. The molecule has 0 atom stereocenters. The predicted molar refractivity (Wildman–Crippen MR) is 87.3 cm³/mol. The zero-order valence-electron chi connectivity index (χ0n) is 11.3. The average Bonchev–Trinajstić information content (AvgIpc) is 2.37. The van der Waals surface area contributed by atoms with Crippen LogP contribution in [0.4, 0.5) is 17.1 Å². The number of nitrogens with two attached hydrogens (primary N) is 1. The van der Waals surface area contributed by atoms with Crippen LogP contribution in [0.25, 0.3) is 0 Å². The number of anilines is 3. The lowest BCUT2D eigenvalue weighted by Crippen LogP contribution is -2.13. The van der Waals surface area contributed by atoms with Crippen LogP contribution >= 0.6 is 15.9 Å². The van der Waals surface area contributed by atoms with Gasteiger partial charge in [-0.1, -0.05) is 22.0 Å². The van der Waals surface area contributed by atoms with E-state index >= 15 is 0 Å². The van der Waals surface area contributed by atoms with E-state index in [0.717, 1.165) is 4.47 Å². The van der Waals surface area contributed by atoms with E-state index in [1.807, 2.05) is 0 Å². The monoisotopic (exact) mass is 347 g/mol. The maximum atomic E-state index is 12.2. The molecule has 2 rings (SSSR count). The van der Waals surface area contributed by atoms with Crippen molar-refractivity contribution < 1.29 is 9.59 Å². The molecule has 2 aromatic carbocycles. The van der Waals surface area contributed by atoms with Gasteiger partial charge < -0.3 is 16.4 Å².